The average Bonchev–Trinajstić information content (AvgIpc) is 3.14. The minimum Gasteiger partial charge on any atom is -0.310 e. The van der Waals surface area contributed by atoms with Crippen molar-refractivity contribution in [3.05, 3.63) is 35.2 Å². The second-order valence-corrected chi connectivity index (χ2v) is 5.83. The molecule has 106 valence electrons. The zero-order valence-electron chi connectivity index (χ0n) is 10.9. The number of H-pyrrole nitrogens is 1. The highest BCUT2D eigenvalue weighted by atomic mass is 32.2. The summed E-state index contributed by atoms with van der Waals surface area (Å²) < 4.78 is 28.0. The quantitative estimate of drug-likeness (QED) is 0.891. The molecule has 3 rings (SSSR count). The summed E-state index contributed by atoms with van der Waals surface area (Å²) in [5.74, 6) is -0.548. The first-order valence-electron chi connectivity index (χ1n) is 6.40. The fourth-order valence-corrected chi connectivity index (χ4v) is 2.59. The van der Waals surface area contributed by atoms with Gasteiger partial charge in [-0.3, -0.25) is 5.10 Å². The minimum absolute atomic E-state index is 0.0702. The van der Waals surface area contributed by atoms with E-state index in [4.69, 9.17) is 0 Å². The Kier molecular flexibility index (Phi) is 3.71. The molecule has 4 nitrogen and oxygen atoms in total. The lowest BCUT2D eigenvalue weighted by Crippen LogP contribution is -2.15. The van der Waals surface area contributed by atoms with Crippen molar-refractivity contribution in [2.24, 2.45) is 0 Å². The summed E-state index contributed by atoms with van der Waals surface area (Å²) in [4.78, 5) is 3.96. The number of nitrogens with one attached hydrogen (secondary N) is 2. The van der Waals surface area contributed by atoms with Crippen LogP contribution in [0.5, 0.6) is 0 Å². The van der Waals surface area contributed by atoms with E-state index in [1.165, 1.54) is 12.1 Å². The van der Waals surface area contributed by atoms with E-state index in [1.54, 1.807) is 6.92 Å². The van der Waals surface area contributed by atoms with E-state index in [9.17, 15) is 8.78 Å². The SMILES string of the molecule is Cc1nc(Sc2c(F)cc(CNC3CC3)cc2F)n[nH]1. The number of hydrogen-bond acceptors (Lipinski definition) is 4. The molecule has 2 aromatic rings. The Bertz CT molecular complexity index is 602. The molecule has 1 aliphatic rings. The van der Waals surface area contributed by atoms with Crippen LogP contribution in [0.2, 0.25) is 0 Å². The third-order valence-electron chi connectivity index (χ3n) is 3.00. The van der Waals surface area contributed by atoms with Crippen molar-refractivity contribution in [2.45, 2.75) is 42.4 Å². The molecular formula is C13H14F2N4S. The Morgan fingerprint density at radius 3 is 2.60 bits per heavy atom. The van der Waals surface area contributed by atoms with Gasteiger partial charge in [-0.05, 0) is 49.2 Å². The molecular weight excluding hydrogens is 282 g/mol. The van der Waals surface area contributed by atoms with Gasteiger partial charge in [0.25, 0.3) is 0 Å². The molecule has 20 heavy (non-hydrogen) atoms. The van der Waals surface area contributed by atoms with Crippen LogP contribution >= 0.6 is 11.8 Å². The molecule has 0 saturated heterocycles. The smallest absolute Gasteiger partial charge is 0.213 e. The van der Waals surface area contributed by atoms with Gasteiger partial charge in [0.05, 0.1) is 4.90 Å². The Labute approximate surface area is 119 Å². The molecule has 1 aromatic heterocycles. The molecule has 0 amide bonds. The van der Waals surface area contributed by atoms with Gasteiger partial charge in [0.1, 0.15) is 17.5 Å². The van der Waals surface area contributed by atoms with Crippen LogP contribution in [0.1, 0.15) is 24.2 Å². The summed E-state index contributed by atoms with van der Waals surface area (Å²) in [6.45, 7) is 2.22. The highest BCUT2D eigenvalue weighted by Gasteiger charge is 2.21. The van der Waals surface area contributed by atoms with E-state index in [0.717, 1.165) is 24.6 Å². The number of aryl methyl sites for hydroxylation is 1. The molecule has 1 aromatic carbocycles. The summed E-state index contributed by atoms with van der Waals surface area (Å²) in [6, 6.07) is 3.23. The molecule has 1 aliphatic carbocycles. The molecule has 1 saturated carbocycles. The van der Waals surface area contributed by atoms with Gasteiger partial charge in [0.15, 0.2) is 0 Å². The molecule has 0 atom stereocenters. The third kappa shape index (κ3) is 3.16. The number of halogens is 2. The van der Waals surface area contributed by atoms with Crippen LogP contribution in [0.3, 0.4) is 0 Å². The van der Waals surface area contributed by atoms with E-state index in [0.29, 0.717) is 29.1 Å². The zero-order valence-corrected chi connectivity index (χ0v) is 11.7. The summed E-state index contributed by atoms with van der Waals surface area (Å²) in [7, 11) is 0. The maximum absolute atomic E-state index is 14.0. The Morgan fingerprint density at radius 2 is 2.05 bits per heavy atom. The van der Waals surface area contributed by atoms with Gasteiger partial charge >= 0.3 is 0 Å². The molecule has 0 spiro atoms. The van der Waals surface area contributed by atoms with Crippen LogP contribution in [-0.2, 0) is 6.54 Å². The van der Waals surface area contributed by atoms with Crippen molar-refractivity contribution < 1.29 is 8.78 Å². The Hall–Kier alpha value is -1.47. The highest BCUT2D eigenvalue weighted by Crippen LogP contribution is 2.31. The fourth-order valence-electron chi connectivity index (χ4n) is 1.82. The van der Waals surface area contributed by atoms with E-state index >= 15 is 0 Å². The maximum atomic E-state index is 14.0. The zero-order chi connectivity index (χ0) is 14.1. The molecule has 7 heteroatoms. The molecule has 0 unspecified atom stereocenters. The van der Waals surface area contributed by atoms with E-state index in [1.807, 2.05) is 0 Å². The van der Waals surface area contributed by atoms with Crippen molar-refractivity contribution in [1.29, 1.82) is 0 Å². The van der Waals surface area contributed by atoms with Crippen molar-refractivity contribution >= 4 is 11.8 Å². The molecule has 1 heterocycles. The molecule has 2 N–H and O–H groups in total. The highest BCUT2D eigenvalue weighted by molar-refractivity contribution is 7.99. The number of rotatable bonds is 5. The molecule has 0 radical (unpaired) electrons. The van der Waals surface area contributed by atoms with Gasteiger partial charge in [0, 0.05) is 12.6 Å². The summed E-state index contributed by atoms with van der Waals surface area (Å²) in [5.41, 5.74) is 0.613. The standard InChI is InChI=1S/C13H14F2N4S/c1-7-17-13(19-18-7)20-12-10(14)4-8(5-11(12)15)6-16-9-2-3-9/h4-5,9,16H,2-3,6H2,1H3,(H,17,18,19). The number of aromatic nitrogens is 3. The topological polar surface area (TPSA) is 53.6 Å². The van der Waals surface area contributed by atoms with Gasteiger partial charge in [-0.25, -0.2) is 13.8 Å². The van der Waals surface area contributed by atoms with E-state index < -0.39 is 11.6 Å². The van der Waals surface area contributed by atoms with Crippen LogP contribution in [0, 0.1) is 18.6 Å². The summed E-state index contributed by atoms with van der Waals surface area (Å²) in [6.07, 6.45) is 2.28. The third-order valence-corrected chi connectivity index (χ3v) is 3.96. The van der Waals surface area contributed by atoms with Crippen molar-refractivity contribution in [3.8, 4) is 0 Å². The number of nitrogens with zero attached hydrogens (tertiary/aromatic N) is 2. The van der Waals surface area contributed by atoms with Gasteiger partial charge in [-0.2, -0.15) is 0 Å². The maximum Gasteiger partial charge on any atom is 0.213 e. The first-order valence-corrected chi connectivity index (χ1v) is 7.21. The molecule has 1 fully saturated rings. The number of aromatic amines is 1. The van der Waals surface area contributed by atoms with Crippen LogP contribution in [-0.4, -0.2) is 21.2 Å². The van der Waals surface area contributed by atoms with Crippen molar-refractivity contribution in [3.63, 3.8) is 0 Å². The second kappa shape index (κ2) is 5.49. The molecule has 0 bridgehead atoms. The summed E-state index contributed by atoms with van der Waals surface area (Å²) >= 11 is 0.883. The predicted molar refractivity (Wildman–Crippen MR) is 71.5 cm³/mol. The van der Waals surface area contributed by atoms with Gasteiger partial charge in [-0.15, -0.1) is 5.10 Å². The number of hydrogen-bond donors (Lipinski definition) is 2. The lowest BCUT2D eigenvalue weighted by molar-refractivity contribution is 0.533. The summed E-state index contributed by atoms with van der Waals surface area (Å²) in [5, 5.41) is 10.0. The van der Waals surface area contributed by atoms with E-state index in [2.05, 4.69) is 20.5 Å². The lowest BCUT2D eigenvalue weighted by Gasteiger charge is -2.07. The van der Waals surface area contributed by atoms with Crippen LogP contribution in [0.15, 0.2) is 22.2 Å². The Balaban J connectivity index is 1.76. The first-order chi connectivity index (χ1) is 9.61. The first kappa shape index (κ1) is 13.5. The second-order valence-electron chi connectivity index (χ2n) is 4.85. The van der Waals surface area contributed by atoms with Crippen LogP contribution < -0.4 is 5.32 Å². The minimum atomic E-state index is -0.579. The van der Waals surface area contributed by atoms with Gasteiger partial charge < -0.3 is 5.32 Å². The van der Waals surface area contributed by atoms with Gasteiger partial charge in [-0.1, -0.05) is 0 Å². The van der Waals surface area contributed by atoms with Crippen molar-refractivity contribution in [2.75, 3.05) is 0 Å². The largest absolute Gasteiger partial charge is 0.310 e. The average molecular weight is 296 g/mol. The lowest BCUT2D eigenvalue weighted by atomic mass is 10.2. The number of benzene rings is 1. The van der Waals surface area contributed by atoms with Gasteiger partial charge in [0.2, 0.25) is 5.16 Å². The van der Waals surface area contributed by atoms with Crippen LogP contribution in [0.4, 0.5) is 8.78 Å². The fraction of sp³-hybridized carbons (Fsp3) is 0.385. The van der Waals surface area contributed by atoms with Crippen molar-refractivity contribution in [1.82, 2.24) is 20.5 Å². The predicted octanol–water partition coefficient (Wildman–Crippen LogP) is 2.79. The van der Waals surface area contributed by atoms with E-state index in [-0.39, 0.29) is 4.90 Å². The van der Waals surface area contributed by atoms with Crippen LogP contribution in [0.25, 0.3) is 0 Å². The Morgan fingerprint density at radius 1 is 1.35 bits per heavy atom. The molecule has 0 aliphatic heterocycles. The monoisotopic (exact) mass is 296 g/mol. The normalized spacial score (nSPS) is 14.8.